The van der Waals surface area contributed by atoms with E-state index in [9.17, 15) is 9.18 Å². The molecule has 1 aliphatic carbocycles. The van der Waals surface area contributed by atoms with Crippen molar-refractivity contribution in [2.75, 3.05) is 0 Å². The average molecular weight is 146 g/mol. The number of aliphatic hydroxyl groups excluding tert-OH is 2. The van der Waals surface area contributed by atoms with Crippen molar-refractivity contribution in [3.8, 4) is 0 Å². The zero-order valence-corrected chi connectivity index (χ0v) is 5.12. The van der Waals surface area contributed by atoms with Gasteiger partial charge in [-0.25, -0.2) is 4.39 Å². The summed E-state index contributed by atoms with van der Waals surface area (Å²) in [7, 11) is 0. The molecular weight excluding hydrogens is 139 g/mol. The number of hydrogen-bond acceptors (Lipinski definition) is 3. The van der Waals surface area contributed by atoms with Crippen molar-refractivity contribution in [3.05, 3.63) is 11.8 Å². The van der Waals surface area contributed by atoms with E-state index in [-0.39, 0.29) is 12.0 Å². The lowest BCUT2D eigenvalue weighted by Gasteiger charge is -2.01. The molecule has 0 amide bonds. The van der Waals surface area contributed by atoms with Crippen LogP contribution in [-0.2, 0) is 4.79 Å². The van der Waals surface area contributed by atoms with Gasteiger partial charge in [0.25, 0.3) is 0 Å². The zero-order chi connectivity index (χ0) is 7.72. The van der Waals surface area contributed by atoms with Gasteiger partial charge >= 0.3 is 0 Å². The second kappa shape index (κ2) is 2.38. The number of aliphatic hydroxyl groups is 2. The SMILES string of the molecule is O=C1CC(F)C(O)C1=CO. The van der Waals surface area contributed by atoms with E-state index >= 15 is 0 Å². The highest BCUT2D eigenvalue weighted by Crippen LogP contribution is 2.23. The molecule has 0 aromatic heterocycles. The summed E-state index contributed by atoms with van der Waals surface area (Å²) in [6.45, 7) is 0. The van der Waals surface area contributed by atoms with E-state index in [1.165, 1.54) is 0 Å². The monoisotopic (exact) mass is 146 g/mol. The van der Waals surface area contributed by atoms with Crippen molar-refractivity contribution in [1.82, 2.24) is 0 Å². The molecule has 0 saturated heterocycles. The van der Waals surface area contributed by atoms with Crippen LogP contribution in [0.5, 0.6) is 0 Å². The second-order valence-corrected chi connectivity index (χ2v) is 2.17. The Labute approximate surface area is 56.8 Å². The van der Waals surface area contributed by atoms with E-state index in [0.29, 0.717) is 6.26 Å². The van der Waals surface area contributed by atoms with Gasteiger partial charge in [-0.05, 0) is 0 Å². The molecule has 1 saturated carbocycles. The number of carbonyl (C=O) groups is 1. The van der Waals surface area contributed by atoms with Gasteiger partial charge in [-0.3, -0.25) is 4.79 Å². The van der Waals surface area contributed by atoms with Crippen molar-refractivity contribution >= 4 is 5.78 Å². The van der Waals surface area contributed by atoms with E-state index in [1.807, 2.05) is 0 Å². The molecular formula is C6H7FO3. The Morgan fingerprint density at radius 3 is 2.50 bits per heavy atom. The predicted octanol–water partition coefficient (Wildman–Crippen LogP) is 0.100. The number of ketones is 1. The molecule has 2 unspecified atom stereocenters. The van der Waals surface area contributed by atoms with E-state index in [1.54, 1.807) is 0 Å². The highest BCUT2D eigenvalue weighted by atomic mass is 19.1. The summed E-state index contributed by atoms with van der Waals surface area (Å²) in [5.74, 6) is -0.525. The molecule has 0 aromatic carbocycles. The zero-order valence-electron chi connectivity index (χ0n) is 5.12. The van der Waals surface area contributed by atoms with Crippen molar-refractivity contribution in [2.24, 2.45) is 0 Å². The number of alkyl halides is 1. The molecule has 1 rings (SSSR count). The molecule has 2 atom stereocenters. The largest absolute Gasteiger partial charge is 0.515 e. The first kappa shape index (κ1) is 7.21. The molecule has 1 aliphatic rings. The summed E-state index contributed by atoms with van der Waals surface area (Å²) in [6, 6.07) is 0. The minimum atomic E-state index is -1.55. The third kappa shape index (κ3) is 0.903. The maximum absolute atomic E-state index is 12.4. The summed E-state index contributed by atoms with van der Waals surface area (Å²) in [5, 5.41) is 17.1. The first-order valence-electron chi connectivity index (χ1n) is 2.86. The minimum Gasteiger partial charge on any atom is -0.515 e. The summed E-state index contributed by atoms with van der Waals surface area (Å²) in [6.07, 6.45) is -2.84. The number of rotatable bonds is 0. The fraction of sp³-hybridized carbons (Fsp3) is 0.500. The Balaban J connectivity index is 2.85. The average Bonchev–Trinajstić information content (AvgIpc) is 2.09. The van der Waals surface area contributed by atoms with Gasteiger partial charge in [0, 0.05) is 6.42 Å². The van der Waals surface area contributed by atoms with Gasteiger partial charge in [-0.2, -0.15) is 0 Å². The van der Waals surface area contributed by atoms with Crippen molar-refractivity contribution < 1.29 is 19.4 Å². The van der Waals surface area contributed by atoms with Crippen LogP contribution in [0.3, 0.4) is 0 Å². The third-order valence-electron chi connectivity index (χ3n) is 1.50. The van der Waals surface area contributed by atoms with Crippen molar-refractivity contribution in [2.45, 2.75) is 18.7 Å². The smallest absolute Gasteiger partial charge is 0.167 e. The predicted molar refractivity (Wildman–Crippen MR) is 31.2 cm³/mol. The van der Waals surface area contributed by atoms with Gasteiger partial charge in [0.2, 0.25) is 0 Å². The lowest BCUT2D eigenvalue weighted by molar-refractivity contribution is -0.115. The van der Waals surface area contributed by atoms with E-state index < -0.39 is 18.1 Å². The summed E-state index contributed by atoms with van der Waals surface area (Å²) in [4.78, 5) is 10.6. The maximum Gasteiger partial charge on any atom is 0.167 e. The van der Waals surface area contributed by atoms with Crippen LogP contribution in [0, 0.1) is 0 Å². The number of halogens is 1. The van der Waals surface area contributed by atoms with Crippen LogP contribution in [0.25, 0.3) is 0 Å². The number of Topliss-reactive ketones (excluding diaryl/α,β-unsaturated/α-hetero) is 1. The van der Waals surface area contributed by atoms with Gasteiger partial charge in [-0.1, -0.05) is 0 Å². The molecule has 10 heavy (non-hydrogen) atoms. The standard InChI is InChI=1S/C6H7FO3/c7-4-1-5(9)3(2-8)6(4)10/h2,4,6,8,10H,1H2. The first-order chi connectivity index (χ1) is 4.66. The fourth-order valence-corrected chi connectivity index (χ4v) is 0.915. The molecule has 0 radical (unpaired) electrons. The quantitative estimate of drug-likeness (QED) is 0.376. The maximum atomic E-state index is 12.4. The third-order valence-corrected chi connectivity index (χ3v) is 1.50. The lowest BCUT2D eigenvalue weighted by Crippen LogP contribution is -2.15. The molecule has 2 N–H and O–H groups in total. The highest BCUT2D eigenvalue weighted by molar-refractivity contribution is 5.99. The minimum absolute atomic E-state index is 0.229. The highest BCUT2D eigenvalue weighted by Gasteiger charge is 2.36. The molecule has 0 bridgehead atoms. The van der Waals surface area contributed by atoms with Crippen LogP contribution in [0.15, 0.2) is 11.8 Å². The number of carbonyl (C=O) groups excluding carboxylic acids is 1. The Hall–Kier alpha value is -0.900. The normalized spacial score (nSPS) is 37.4. The molecule has 3 nitrogen and oxygen atoms in total. The van der Waals surface area contributed by atoms with Crippen LogP contribution in [0.2, 0.25) is 0 Å². The van der Waals surface area contributed by atoms with Gasteiger partial charge in [0.15, 0.2) is 5.78 Å². The molecule has 4 heteroatoms. The Bertz CT molecular complexity index is 187. The van der Waals surface area contributed by atoms with Gasteiger partial charge in [0.1, 0.15) is 12.3 Å². The molecule has 0 aliphatic heterocycles. The topological polar surface area (TPSA) is 57.5 Å². The summed E-state index contributed by atoms with van der Waals surface area (Å²) in [5.41, 5.74) is -0.229. The van der Waals surface area contributed by atoms with E-state index in [4.69, 9.17) is 10.2 Å². The van der Waals surface area contributed by atoms with Gasteiger partial charge in [-0.15, -0.1) is 0 Å². The van der Waals surface area contributed by atoms with Crippen molar-refractivity contribution in [3.63, 3.8) is 0 Å². The summed E-state index contributed by atoms with van der Waals surface area (Å²) < 4.78 is 12.4. The van der Waals surface area contributed by atoms with Gasteiger partial charge < -0.3 is 10.2 Å². The second-order valence-electron chi connectivity index (χ2n) is 2.17. The van der Waals surface area contributed by atoms with E-state index in [0.717, 1.165) is 0 Å². The van der Waals surface area contributed by atoms with Crippen LogP contribution >= 0.6 is 0 Å². The van der Waals surface area contributed by atoms with Crippen LogP contribution in [0.1, 0.15) is 6.42 Å². The fourth-order valence-electron chi connectivity index (χ4n) is 0.915. The molecule has 0 spiro atoms. The molecule has 56 valence electrons. The van der Waals surface area contributed by atoms with Crippen LogP contribution in [0.4, 0.5) is 4.39 Å². The Kier molecular flexibility index (Phi) is 1.72. The molecule has 0 heterocycles. The van der Waals surface area contributed by atoms with Crippen molar-refractivity contribution in [1.29, 1.82) is 0 Å². The Morgan fingerprint density at radius 1 is 1.70 bits per heavy atom. The lowest BCUT2D eigenvalue weighted by atomic mass is 10.2. The summed E-state index contributed by atoms with van der Waals surface area (Å²) >= 11 is 0. The van der Waals surface area contributed by atoms with E-state index in [2.05, 4.69) is 0 Å². The molecule has 0 aromatic rings. The van der Waals surface area contributed by atoms with Crippen LogP contribution < -0.4 is 0 Å². The number of hydrogen-bond donors (Lipinski definition) is 2. The van der Waals surface area contributed by atoms with Crippen LogP contribution in [-0.4, -0.2) is 28.3 Å². The first-order valence-corrected chi connectivity index (χ1v) is 2.86. The Morgan fingerprint density at radius 2 is 2.30 bits per heavy atom. The van der Waals surface area contributed by atoms with Gasteiger partial charge in [0.05, 0.1) is 11.8 Å². The molecule has 1 fully saturated rings.